The minimum Gasteiger partial charge on any atom is -0.381 e. The fourth-order valence-electron chi connectivity index (χ4n) is 2.36. The second kappa shape index (κ2) is 8.50. The van der Waals surface area contributed by atoms with Crippen LogP contribution in [0.25, 0.3) is 0 Å². The van der Waals surface area contributed by atoms with Crippen LogP contribution in [-0.2, 0) is 4.74 Å². The second-order valence-corrected chi connectivity index (χ2v) is 6.51. The average Bonchev–Trinajstić information content (AvgIpc) is 3.27. The molecule has 1 saturated carbocycles. The van der Waals surface area contributed by atoms with Crippen molar-refractivity contribution >= 4 is 0 Å². The maximum absolute atomic E-state index is 13.1. The summed E-state index contributed by atoms with van der Waals surface area (Å²) < 4.78 is 18.8. The van der Waals surface area contributed by atoms with Crippen LogP contribution in [0.3, 0.4) is 0 Å². The molecule has 0 spiro atoms. The SMILES string of the molecule is CC(C)CCOCCC(CNC1CC1)c1ccc(F)cc1. The summed E-state index contributed by atoms with van der Waals surface area (Å²) in [6.45, 7) is 7.00. The first-order chi connectivity index (χ1) is 10.1. The Bertz CT molecular complexity index is 400. The van der Waals surface area contributed by atoms with E-state index in [4.69, 9.17) is 4.74 Å². The maximum Gasteiger partial charge on any atom is 0.123 e. The molecule has 0 amide bonds. The van der Waals surface area contributed by atoms with Gasteiger partial charge in [0.1, 0.15) is 5.82 Å². The summed E-state index contributed by atoms with van der Waals surface area (Å²) in [5, 5.41) is 3.58. The van der Waals surface area contributed by atoms with E-state index in [0.717, 1.165) is 32.6 Å². The van der Waals surface area contributed by atoms with Crippen LogP contribution < -0.4 is 5.32 Å². The number of ether oxygens (including phenoxy) is 1. The lowest BCUT2D eigenvalue weighted by molar-refractivity contribution is 0.116. The fraction of sp³-hybridized carbons (Fsp3) is 0.667. The lowest BCUT2D eigenvalue weighted by Gasteiger charge is -2.18. The molecule has 1 aromatic rings. The fourth-order valence-corrected chi connectivity index (χ4v) is 2.36. The first-order valence-electron chi connectivity index (χ1n) is 8.21. The van der Waals surface area contributed by atoms with E-state index in [0.29, 0.717) is 17.9 Å². The van der Waals surface area contributed by atoms with Gasteiger partial charge in [-0.1, -0.05) is 26.0 Å². The van der Waals surface area contributed by atoms with Crippen LogP contribution in [0.2, 0.25) is 0 Å². The minimum absolute atomic E-state index is 0.166. The van der Waals surface area contributed by atoms with Crippen molar-refractivity contribution in [2.75, 3.05) is 19.8 Å². The first-order valence-corrected chi connectivity index (χ1v) is 8.21. The van der Waals surface area contributed by atoms with Crippen molar-refractivity contribution in [3.05, 3.63) is 35.6 Å². The Morgan fingerprint density at radius 1 is 1.14 bits per heavy atom. The summed E-state index contributed by atoms with van der Waals surface area (Å²) in [6, 6.07) is 7.62. The predicted molar refractivity (Wildman–Crippen MR) is 85.1 cm³/mol. The van der Waals surface area contributed by atoms with Crippen LogP contribution in [0.4, 0.5) is 4.39 Å². The van der Waals surface area contributed by atoms with E-state index in [-0.39, 0.29) is 5.82 Å². The molecule has 1 unspecified atom stereocenters. The van der Waals surface area contributed by atoms with E-state index >= 15 is 0 Å². The van der Waals surface area contributed by atoms with E-state index < -0.39 is 0 Å². The molecule has 2 rings (SSSR count). The molecule has 21 heavy (non-hydrogen) atoms. The number of rotatable bonds is 10. The number of benzene rings is 1. The monoisotopic (exact) mass is 293 g/mol. The molecule has 1 aliphatic carbocycles. The molecule has 1 atom stereocenters. The topological polar surface area (TPSA) is 21.3 Å². The quantitative estimate of drug-likeness (QED) is 0.655. The van der Waals surface area contributed by atoms with Gasteiger partial charge in [-0.15, -0.1) is 0 Å². The Morgan fingerprint density at radius 3 is 2.43 bits per heavy atom. The maximum atomic E-state index is 13.1. The lowest BCUT2D eigenvalue weighted by Crippen LogP contribution is -2.24. The van der Waals surface area contributed by atoms with Crippen molar-refractivity contribution in [1.82, 2.24) is 5.32 Å². The van der Waals surface area contributed by atoms with Crippen molar-refractivity contribution in [2.24, 2.45) is 5.92 Å². The standard InChI is InChI=1S/C18H28FNO/c1-14(2)9-11-21-12-10-16(13-20-18-7-8-18)15-3-5-17(19)6-4-15/h3-6,14,16,18,20H,7-13H2,1-2H3. The highest BCUT2D eigenvalue weighted by Crippen LogP contribution is 2.23. The summed E-state index contributed by atoms with van der Waals surface area (Å²) in [6.07, 6.45) is 4.69. The molecule has 1 aromatic carbocycles. The third-order valence-electron chi connectivity index (χ3n) is 4.02. The highest BCUT2D eigenvalue weighted by Gasteiger charge is 2.22. The molecule has 0 bridgehead atoms. The van der Waals surface area contributed by atoms with Crippen LogP contribution in [0.1, 0.15) is 51.0 Å². The Labute approximate surface area is 128 Å². The molecular formula is C18H28FNO. The van der Waals surface area contributed by atoms with Crippen molar-refractivity contribution < 1.29 is 9.13 Å². The second-order valence-electron chi connectivity index (χ2n) is 6.51. The zero-order valence-electron chi connectivity index (χ0n) is 13.3. The number of hydrogen-bond acceptors (Lipinski definition) is 2. The van der Waals surface area contributed by atoms with E-state index in [1.165, 1.54) is 18.4 Å². The van der Waals surface area contributed by atoms with Gasteiger partial charge in [-0.25, -0.2) is 4.39 Å². The van der Waals surface area contributed by atoms with E-state index in [2.05, 4.69) is 19.2 Å². The molecule has 118 valence electrons. The summed E-state index contributed by atoms with van der Waals surface area (Å²) in [7, 11) is 0. The van der Waals surface area contributed by atoms with Crippen LogP contribution in [0, 0.1) is 11.7 Å². The van der Waals surface area contributed by atoms with E-state index in [1.807, 2.05) is 12.1 Å². The molecule has 1 aliphatic rings. The highest BCUT2D eigenvalue weighted by molar-refractivity contribution is 5.21. The Kier molecular flexibility index (Phi) is 6.65. The molecular weight excluding hydrogens is 265 g/mol. The molecule has 3 heteroatoms. The normalized spacial score (nSPS) is 16.4. The predicted octanol–water partition coefficient (Wildman–Crippen LogP) is 4.11. The molecule has 1 fully saturated rings. The number of hydrogen-bond donors (Lipinski definition) is 1. The molecule has 2 nitrogen and oxygen atoms in total. The van der Waals surface area contributed by atoms with Gasteiger partial charge in [0.2, 0.25) is 0 Å². The highest BCUT2D eigenvalue weighted by atomic mass is 19.1. The third-order valence-corrected chi connectivity index (χ3v) is 4.02. The van der Waals surface area contributed by atoms with Crippen molar-refractivity contribution in [3.63, 3.8) is 0 Å². The third kappa shape index (κ3) is 6.58. The molecule has 0 heterocycles. The van der Waals surface area contributed by atoms with Gasteiger partial charge < -0.3 is 10.1 Å². The van der Waals surface area contributed by atoms with Crippen LogP contribution in [-0.4, -0.2) is 25.8 Å². The van der Waals surface area contributed by atoms with Gasteiger partial charge in [-0.05, 0) is 55.2 Å². The zero-order valence-corrected chi connectivity index (χ0v) is 13.3. The van der Waals surface area contributed by atoms with Crippen molar-refractivity contribution in [1.29, 1.82) is 0 Å². The summed E-state index contributed by atoms with van der Waals surface area (Å²) in [5.74, 6) is 0.931. The van der Waals surface area contributed by atoms with E-state index in [1.54, 1.807) is 12.1 Å². The zero-order chi connectivity index (χ0) is 15.1. The lowest BCUT2D eigenvalue weighted by atomic mass is 9.96. The van der Waals surface area contributed by atoms with Gasteiger partial charge in [0.15, 0.2) is 0 Å². The van der Waals surface area contributed by atoms with Gasteiger partial charge in [-0.2, -0.15) is 0 Å². The number of halogens is 1. The van der Waals surface area contributed by atoms with Gasteiger partial charge >= 0.3 is 0 Å². The Balaban J connectivity index is 1.78. The van der Waals surface area contributed by atoms with Crippen molar-refractivity contribution in [3.8, 4) is 0 Å². The molecule has 0 radical (unpaired) electrons. The number of nitrogens with one attached hydrogen (secondary N) is 1. The summed E-state index contributed by atoms with van der Waals surface area (Å²) in [5.41, 5.74) is 1.21. The van der Waals surface area contributed by atoms with Gasteiger partial charge in [0, 0.05) is 25.8 Å². The summed E-state index contributed by atoms with van der Waals surface area (Å²) in [4.78, 5) is 0. The molecule has 0 aliphatic heterocycles. The molecule has 0 aromatic heterocycles. The smallest absolute Gasteiger partial charge is 0.123 e. The van der Waals surface area contributed by atoms with Crippen LogP contribution in [0.15, 0.2) is 24.3 Å². The summed E-state index contributed by atoms with van der Waals surface area (Å²) >= 11 is 0. The first kappa shape index (κ1) is 16.4. The Morgan fingerprint density at radius 2 is 1.81 bits per heavy atom. The average molecular weight is 293 g/mol. The largest absolute Gasteiger partial charge is 0.381 e. The van der Waals surface area contributed by atoms with E-state index in [9.17, 15) is 4.39 Å². The van der Waals surface area contributed by atoms with Crippen LogP contribution >= 0.6 is 0 Å². The van der Waals surface area contributed by atoms with Gasteiger partial charge in [0.05, 0.1) is 0 Å². The van der Waals surface area contributed by atoms with Gasteiger partial charge in [0.25, 0.3) is 0 Å². The Hall–Kier alpha value is -0.930. The van der Waals surface area contributed by atoms with Crippen molar-refractivity contribution in [2.45, 2.75) is 51.5 Å². The molecule has 1 N–H and O–H groups in total. The van der Waals surface area contributed by atoms with Gasteiger partial charge in [-0.3, -0.25) is 0 Å². The van der Waals surface area contributed by atoms with Crippen LogP contribution in [0.5, 0.6) is 0 Å². The minimum atomic E-state index is -0.166. The molecule has 0 saturated heterocycles.